The molecular formula is C19H18N2O3S. The number of anilines is 2. The van der Waals surface area contributed by atoms with E-state index in [4.69, 9.17) is 4.74 Å². The molecule has 2 aromatic carbocycles. The maximum Gasteiger partial charge on any atom is 0.265 e. The Labute approximate surface area is 150 Å². The standard InChI is InChI=1S/C19H18N2O3S/c22-18(20-10-5-11-25-17-9-4-2-7-15(17)20)12-21-14-6-1-3-8-16(14)24-13-19(21)23/h1-4,6-9H,5,10-13H2. The number of hydrogen-bond donors (Lipinski definition) is 0. The van der Waals surface area contributed by atoms with Crippen LogP contribution in [0.15, 0.2) is 53.4 Å². The van der Waals surface area contributed by atoms with Gasteiger partial charge in [-0.25, -0.2) is 0 Å². The van der Waals surface area contributed by atoms with Crippen molar-refractivity contribution < 1.29 is 14.3 Å². The van der Waals surface area contributed by atoms with Gasteiger partial charge in [-0.1, -0.05) is 24.3 Å². The predicted molar refractivity (Wildman–Crippen MR) is 98.4 cm³/mol. The highest BCUT2D eigenvalue weighted by atomic mass is 32.2. The maximum absolute atomic E-state index is 13.0. The van der Waals surface area contributed by atoms with Gasteiger partial charge >= 0.3 is 0 Å². The van der Waals surface area contributed by atoms with E-state index in [0.29, 0.717) is 18.0 Å². The van der Waals surface area contributed by atoms with Crippen LogP contribution in [0, 0.1) is 0 Å². The molecule has 0 fully saturated rings. The third kappa shape index (κ3) is 3.09. The summed E-state index contributed by atoms with van der Waals surface area (Å²) in [4.78, 5) is 29.8. The second kappa shape index (κ2) is 6.80. The topological polar surface area (TPSA) is 49.9 Å². The van der Waals surface area contributed by atoms with Crippen LogP contribution < -0.4 is 14.5 Å². The lowest BCUT2D eigenvalue weighted by molar-refractivity contribution is -0.124. The molecule has 0 saturated heterocycles. The molecule has 0 saturated carbocycles. The highest BCUT2D eigenvalue weighted by Crippen LogP contribution is 2.35. The summed E-state index contributed by atoms with van der Waals surface area (Å²) in [7, 11) is 0. The van der Waals surface area contributed by atoms with Crippen molar-refractivity contribution >= 4 is 35.0 Å². The van der Waals surface area contributed by atoms with Crippen molar-refractivity contribution in [1.82, 2.24) is 0 Å². The van der Waals surface area contributed by atoms with Gasteiger partial charge in [0.15, 0.2) is 6.61 Å². The predicted octanol–water partition coefficient (Wildman–Crippen LogP) is 2.94. The molecule has 0 N–H and O–H groups in total. The van der Waals surface area contributed by atoms with E-state index in [1.807, 2.05) is 48.5 Å². The first-order valence-electron chi connectivity index (χ1n) is 8.28. The van der Waals surface area contributed by atoms with Crippen LogP contribution in [0.2, 0.25) is 0 Å². The van der Waals surface area contributed by atoms with Crippen molar-refractivity contribution in [3.8, 4) is 5.75 Å². The molecule has 5 nitrogen and oxygen atoms in total. The van der Waals surface area contributed by atoms with Gasteiger partial charge in [-0.05, 0) is 36.4 Å². The van der Waals surface area contributed by atoms with E-state index in [2.05, 4.69) is 0 Å². The van der Waals surface area contributed by atoms with Gasteiger partial charge in [0.1, 0.15) is 12.3 Å². The van der Waals surface area contributed by atoms with Crippen LogP contribution in [0.3, 0.4) is 0 Å². The zero-order chi connectivity index (χ0) is 17.2. The van der Waals surface area contributed by atoms with Gasteiger partial charge in [-0.2, -0.15) is 0 Å². The number of thioether (sulfide) groups is 1. The van der Waals surface area contributed by atoms with Crippen molar-refractivity contribution in [2.75, 3.05) is 35.2 Å². The number of ether oxygens (including phenoxy) is 1. The van der Waals surface area contributed by atoms with Gasteiger partial charge in [0.25, 0.3) is 5.91 Å². The van der Waals surface area contributed by atoms with Crippen molar-refractivity contribution in [2.45, 2.75) is 11.3 Å². The Morgan fingerprint density at radius 1 is 1.08 bits per heavy atom. The number of amides is 2. The fraction of sp³-hybridized carbons (Fsp3) is 0.263. The highest BCUT2D eigenvalue weighted by Gasteiger charge is 2.30. The minimum absolute atomic E-state index is 0.0260. The number of para-hydroxylation sites is 3. The van der Waals surface area contributed by atoms with Gasteiger partial charge in [0.05, 0.1) is 11.4 Å². The number of carbonyl (C=O) groups excluding carboxylic acids is 2. The van der Waals surface area contributed by atoms with Gasteiger partial charge in [0.2, 0.25) is 5.91 Å². The molecule has 2 heterocycles. The normalized spacial score (nSPS) is 16.6. The zero-order valence-electron chi connectivity index (χ0n) is 13.7. The first kappa shape index (κ1) is 16.0. The summed E-state index contributed by atoms with van der Waals surface area (Å²) >= 11 is 1.77. The van der Waals surface area contributed by atoms with Crippen molar-refractivity contribution in [3.05, 3.63) is 48.5 Å². The van der Waals surface area contributed by atoms with E-state index in [1.165, 1.54) is 4.90 Å². The van der Waals surface area contributed by atoms with Crippen molar-refractivity contribution in [1.29, 1.82) is 0 Å². The SMILES string of the molecule is O=C1COc2ccccc2N1CC(=O)N1CCCSc2ccccc21. The molecule has 0 radical (unpaired) electrons. The van der Waals surface area contributed by atoms with E-state index in [1.54, 1.807) is 16.7 Å². The minimum Gasteiger partial charge on any atom is -0.482 e. The molecule has 0 spiro atoms. The first-order valence-corrected chi connectivity index (χ1v) is 9.27. The quantitative estimate of drug-likeness (QED) is 0.832. The number of fused-ring (bicyclic) bond motifs is 2. The summed E-state index contributed by atoms with van der Waals surface area (Å²) in [5.41, 5.74) is 1.59. The average Bonchev–Trinajstić information content (AvgIpc) is 2.86. The Balaban J connectivity index is 1.61. The van der Waals surface area contributed by atoms with Crippen LogP contribution in [-0.4, -0.2) is 37.3 Å². The Morgan fingerprint density at radius 2 is 1.84 bits per heavy atom. The molecule has 0 aliphatic carbocycles. The third-order valence-electron chi connectivity index (χ3n) is 4.34. The molecular weight excluding hydrogens is 336 g/mol. The Hall–Kier alpha value is -2.47. The molecule has 0 atom stereocenters. The fourth-order valence-corrected chi connectivity index (χ4v) is 4.13. The largest absolute Gasteiger partial charge is 0.482 e. The molecule has 0 unspecified atom stereocenters. The number of rotatable bonds is 2. The van der Waals surface area contributed by atoms with Crippen molar-refractivity contribution in [2.24, 2.45) is 0 Å². The fourth-order valence-electron chi connectivity index (χ4n) is 3.13. The van der Waals surface area contributed by atoms with Gasteiger partial charge in [-0.3, -0.25) is 14.5 Å². The molecule has 25 heavy (non-hydrogen) atoms. The molecule has 2 amide bonds. The van der Waals surface area contributed by atoms with Crippen LogP contribution in [0.25, 0.3) is 0 Å². The van der Waals surface area contributed by atoms with Gasteiger partial charge < -0.3 is 9.64 Å². The summed E-state index contributed by atoms with van der Waals surface area (Å²) in [6.07, 6.45) is 0.929. The summed E-state index contributed by atoms with van der Waals surface area (Å²) in [5.74, 6) is 1.37. The van der Waals surface area contributed by atoms with Crippen molar-refractivity contribution in [3.63, 3.8) is 0 Å². The van der Waals surface area contributed by atoms with Crippen LogP contribution >= 0.6 is 11.8 Å². The summed E-state index contributed by atoms with van der Waals surface area (Å²) in [5, 5.41) is 0. The molecule has 128 valence electrons. The van der Waals surface area contributed by atoms with E-state index >= 15 is 0 Å². The lowest BCUT2D eigenvalue weighted by atomic mass is 10.2. The molecule has 2 aliphatic rings. The molecule has 2 aromatic rings. The molecule has 2 aliphatic heterocycles. The second-order valence-corrected chi connectivity index (χ2v) is 7.09. The van der Waals surface area contributed by atoms with Gasteiger partial charge in [0, 0.05) is 11.4 Å². The molecule has 6 heteroatoms. The lowest BCUT2D eigenvalue weighted by Crippen LogP contribution is -2.46. The molecule has 0 bridgehead atoms. The monoisotopic (exact) mass is 354 g/mol. The smallest absolute Gasteiger partial charge is 0.265 e. The van der Waals surface area contributed by atoms with E-state index in [0.717, 1.165) is 22.8 Å². The Kier molecular flexibility index (Phi) is 4.36. The Bertz CT molecular complexity index is 824. The number of carbonyl (C=O) groups is 2. The third-order valence-corrected chi connectivity index (χ3v) is 5.49. The van der Waals surface area contributed by atoms with E-state index < -0.39 is 0 Å². The second-order valence-electron chi connectivity index (χ2n) is 5.95. The minimum atomic E-state index is -0.190. The lowest BCUT2D eigenvalue weighted by Gasteiger charge is -2.31. The van der Waals surface area contributed by atoms with Crippen LogP contribution in [0.1, 0.15) is 6.42 Å². The molecule has 4 rings (SSSR count). The van der Waals surface area contributed by atoms with Gasteiger partial charge in [-0.15, -0.1) is 11.8 Å². The summed E-state index contributed by atoms with van der Waals surface area (Å²) in [6, 6.07) is 15.3. The highest BCUT2D eigenvalue weighted by molar-refractivity contribution is 7.99. The maximum atomic E-state index is 13.0. The number of nitrogens with zero attached hydrogens (tertiary/aromatic N) is 2. The summed E-state index contributed by atoms with van der Waals surface area (Å²) in [6.45, 7) is 0.665. The van der Waals surface area contributed by atoms with Crippen LogP contribution in [0.4, 0.5) is 11.4 Å². The number of benzene rings is 2. The zero-order valence-corrected chi connectivity index (χ0v) is 14.5. The summed E-state index contributed by atoms with van der Waals surface area (Å²) < 4.78 is 5.45. The van der Waals surface area contributed by atoms with Crippen LogP contribution in [0.5, 0.6) is 5.75 Å². The number of hydrogen-bond acceptors (Lipinski definition) is 4. The van der Waals surface area contributed by atoms with E-state index in [9.17, 15) is 9.59 Å². The van der Waals surface area contributed by atoms with Crippen LogP contribution in [-0.2, 0) is 9.59 Å². The average molecular weight is 354 g/mol. The molecule has 0 aromatic heterocycles. The Morgan fingerprint density at radius 3 is 2.72 bits per heavy atom. The first-order chi connectivity index (χ1) is 12.2. The van der Waals surface area contributed by atoms with E-state index in [-0.39, 0.29) is 25.0 Å².